The summed E-state index contributed by atoms with van der Waals surface area (Å²) in [4.78, 5) is 11.7. The van der Waals surface area contributed by atoms with Crippen LogP contribution in [0, 0.1) is 5.82 Å². The van der Waals surface area contributed by atoms with Crippen LogP contribution in [0.2, 0.25) is 5.02 Å². The summed E-state index contributed by atoms with van der Waals surface area (Å²) in [6, 6.07) is 13.3. The fourth-order valence-electron chi connectivity index (χ4n) is 1.72. The first kappa shape index (κ1) is 14.5. The standard InChI is InChI=1S/C15H14ClFN2O/c16-13-6-1-2-7-14(13)19-15(20)10-18-9-11-4-3-5-12(17)8-11/h1-8,18H,9-10H2,(H,19,20). The molecule has 0 unspecified atom stereocenters. The van der Waals surface area contributed by atoms with Gasteiger partial charge in [-0.15, -0.1) is 0 Å². The SMILES string of the molecule is O=C(CNCc1cccc(F)c1)Nc1ccccc1Cl. The third-order valence-electron chi connectivity index (χ3n) is 2.65. The number of nitrogens with one attached hydrogen (secondary N) is 2. The Balaban J connectivity index is 1.80. The minimum Gasteiger partial charge on any atom is -0.324 e. The first-order valence-electron chi connectivity index (χ1n) is 6.15. The van der Waals surface area contributed by atoms with E-state index in [1.54, 1.807) is 36.4 Å². The lowest BCUT2D eigenvalue weighted by atomic mass is 10.2. The maximum atomic E-state index is 13.0. The zero-order valence-corrected chi connectivity index (χ0v) is 11.5. The Morgan fingerprint density at radius 1 is 1.15 bits per heavy atom. The fraction of sp³-hybridized carbons (Fsp3) is 0.133. The number of hydrogen-bond donors (Lipinski definition) is 2. The third kappa shape index (κ3) is 4.33. The Morgan fingerprint density at radius 2 is 1.95 bits per heavy atom. The van der Waals surface area contributed by atoms with Crippen LogP contribution < -0.4 is 10.6 Å². The van der Waals surface area contributed by atoms with Crippen molar-refractivity contribution >= 4 is 23.2 Å². The van der Waals surface area contributed by atoms with E-state index >= 15 is 0 Å². The topological polar surface area (TPSA) is 41.1 Å². The molecule has 0 fully saturated rings. The van der Waals surface area contributed by atoms with Gasteiger partial charge in [-0.1, -0.05) is 35.9 Å². The molecule has 0 aliphatic carbocycles. The van der Waals surface area contributed by atoms with Crippen LogP contribution in [0.3, 0.4) is 0 Å². The molecule has 1 amide bonds. The molecule has 2 rings (SSSR count). The molecule has 2 aromatic rings. The van der Waals surface area contributed by atoms with Crippen molar-refractivity contribution in [2.24, 2.45) is 0 Å². The highest BCUT2D eigenvalue weighted by Crippen LogP contribution is 2.19. The van der Waals surface area contributed by atoms with Crippen molar-refractivity contribution < 1.29 is 9.18 Å². The van der Waals surface area contributed by atoms with Gasteiger partial charge in [0.1, 0.15) is 5.82 Å². The van der Waals surface area contributed by atoms with Crippen molar-refractivity contribution in [1.29, 1.82) is 0 Å². The van der Waals surface area contributed by atoms with Crippen LogP contribution in [-0.4, -0.2) is 12.5 Å². The highest BCUT2D eigenvalue weighted by Gasteiger charge is 2.04. The van der Waals surface area contributed by atoms with Crippen LogP contribution in [0.4, 0.5) is 10.1 Å². The minimum atomic E-state index is -0.287. The third-order valence-corrected chi connectivity index (χ3v) is 2.98. The largest absolute Gasteiger partial charge is 0.324 e. The maximum Gasteiger partial charge on any atom is 0.238 e. The summed E-state index contributed by atoms with van der Waals surface area (Å²) in [5.41, 5.74) is 1.36. The van der Waals surface area contributed by atoms with Gasteiger partial charge in [0.25, 0.3) is 0 Å². The van der Waals surface area contributed by atoms with Crippen LogP contribution in [0.25, 0.3) is 0 Å². The van der Waals surface area contributed by atoms with E-state index in [-0.39, 0.29) is 18.3 Å². The number of para-hydroxylation sites is 1. The Bertz CT molecular complexity index is 604. The number of hydrogen-bond acceptors (Lipinski definition) is 2. The molecule has 3 nitrogen and oxygen atoms in total. The van der Waals surface area contributed by atoms with Gasteiger partial charge in [-0.25, -0.2) is 4.39 Å². The molecule has 0 aliphatic rings. The van der Waals surface area contributed by atoms with E-state index in [4.69, 9.17) is 11.6 Å². The predicted molar refractivity (Wildman–Crippen MR) is 78.2 cm³/mol. The lowest BCUT2D eigenvalue weighted by molar-refractivity contribution is -0.115. The lowest BCUT2D eigenvalue weighted by Crippen LogP contribution is -2.27. The number of carbonyl (C=O) groups is 1. The van der Waals surface area contributed by atoms with Gasteiger partial charge in [-0.05, 0) is 29.8 Å². The van der Waals surface area contributed by atoms with E-state index in [0.717, 1.165) is 5.56 Å². The summed E-state index contributed by atoms with van der Waals surface area (Å²) in [7, 11) is 0. The smallest absolute Gasteiger partial charge is 0.238 e. The van der Waals surface area contributed by atoms with Crippen molar-refractivity contribution in [3.05, 3.63) is 64.9 Å². The van der Waals surface area contributed by atoms with Crippen molar-refractivity contribution in [2.75, 3.05) is 11.9 Å². The number of rotatable bonds is 5. The van der Waals surface area contributed by atoms with Crippen molar-refractivity contribution in [2.45, 2.75) is 6.54 Å². The lowest BCUT2D eigenvalue weighted by Gasteiger charge is -2.08. The Kier molecular flexibility index (Phi) is 5.09. The van der Waals surface area contributed by atoms with E-state index in [1.165, 1.54) is 12.1 Å². The molecule has 0 spiro atoms. The fourth-order valence-corrected chi connectivity index (χ4v) is 1.91. The Hall–Kier alpha value is -1.91. The second-order valence-electron chi connectivity index (χ2n) is 4.26. The second kappa shape index (κ2) is 7.03. The molecule has 0 radical (unpaired) electrons. The first-order chi connectivity index (χ1) is 9.65. The van der Waals surface area contributed by atoms with E-state index in [1.807, 2.05) is 0 Å². The Labute approximate surface area is 121 Å². The van der Waals surface area contributed by atoms with Crippen LogP contribution in [0.5, 0.6) is 0 Å². The van der Waals surface area contributed by atoms with Gasteiger partial charge < -0.3 is 10.6 Å². The molecular formula is C15H14ClFN2O. The maximum absolute atomic E-state index is 13.0. The molecule has 0 aliphatic heterocycles. The average molecular weight is 293 g/mol. The molecule has 20 heavy (non-hydrogen) atoms. The van der Waals surface area contributed by atoms with E-state index in [0.29, 0.717) is 17.3 Å². The molecular weight excluding hydrogens is 279 g/mol. The van der Waals surface area contributed by atoms with Gasteiger partial charge in [0, 0.05) is 6.54 Å². The zero-order chi connectivity index (χ0) is 14.4. The summed E-state index contributed by atoms with van der Waals surface area (Å²) in [5.74, 6) is -0.487. The van der Waals surface area contributed by atoms with Gasteiger partial charge in [0.05, 0.1) is 17.3 Å². The summed E-state index contributed by atoms with van der Waals surface area (Å²) in [6.07, 6.45) is 0. The number of anilines is 1. The number of carbonyl (C=O) groups excluding carboxylic acids is 1. The highest BCUT2D eigenvalue weighted by atomic mass is 35.5. The van der Waals surface area contributed by atoms with Gasteiger partial charge in [-0.3, -0.25) is 4.79 Å². The van der Waals surface area contributed by atoms with Gasteiger partial charge in [-0.2, -0.15) is 0 Å². The molecule has 0 saturated carbocycles. The first-order valence-corrected chi connectivity index (χ1v) is 6.52. The average Bonchev–Trinajstić information content (AvgIpc) is 2.41. The number of halogens is 2. The molecule has 104 valence electrons. The predicted octanol–water partition coefficient (Wildman–Crippen LogP) is 3.21. The number of benzene rings is 2. The minimum absolute atomic E-state index is 0.127. The molecule has 0 aromatic heterocycles. The zero-order valence-electron chi connectivity index (χ0n) is 10.7. The highest BCUT2D eigenvalue weighted by molar-refractivity contribution is 6.33. The molecule has 2 N–H and O–H groups in total. The van der Waals surface area contributed by atoms with Crippen molar-refractivity contribution in [1.82, 2.24) is 5.32 Å². The molecule has 0 atom stereocenters. The van der Waals surface area contributed by atoms with E-state index < -0.39 is 0 Å². The van der Waals surface area contributed by atoms with Crippen molar-refractivity contribution in [3.63, 3.8) is 0 Å². The summed E-state index contributed by atoms with van der Waals surface area (Å²) in [5, 5.41) is 6.14. The van der Waals surface area contributed by atoms with Gasteiger partial charge in [0.2, 0.25) is 5.91 Å². The molecule has 0 bridgehead atoms. The molecule has 5 heteroatoms. The van der Waals surface area contributed by atoms with E-state index in [2.05, 4.69) is 10.6 Å². The summed E-state index contributed by atoms with van der Waals surface area (Å²) >= 11 is 5.94. The van der Waals surface area contributed by atoms with Gasteiger partial charge in [0.15, 0.2) is 0 Å². The van der Waals surface area contributed by atoms with Gasteiger partial charge >= 0.3 is 0 Å². The van der Waals surface area contributed by atoms with Crippen LogP contribution in [-0.2, 0) is 11.3 Å². The second-order valence-corrected chi connectivity index (χ2v) is 4.67. The van der Waals surface area contributed by atoms with Crippen LogP contribution in [0.1, 0.15) is 5.56 Å². The monoisotopic (exact) mass is 292 g/mol. The number of amides is 1. The molecule has 0 heterocycles. The van der Waals surface area contributed by atoms with Crippen LogP contribution >= 0.6 is 11.6 Å². The Morgan fingerprint density at radius 3 is 2.70 bits per heavy atom. The normalized spacial score (nSPS) is 10.3. The quantitative estimate of drug-likeness (QED) is 0.888. The summed E-state index contributed by atoms with van der Waals surface area (Å²) < 4.78 is 13.0. The van der Waals surface area contributed by atoms with E-state index in [9.17, 15) is 9.18 Å². The molecule has 2 aromatic carbocycles. The van der Waals surface area contributed by atoms with Crippen LogP contribution in [0.15, 0.2) is 48.5 Å². The summed E-state index contributed by atoms with van der Waals surface area (Å²) in [6.45, 7) is 0.551. The molecule has 0 saturated heterocycles. The van der Waals surface area contributed by atoms with Crippen molar-refractivity contribution in [3.8, 4) is 0 Å².